The minimum atomic E-state index is -4.44. The van der Waals surface area contributed by atoms with Gasteiger partial charge in [0.25, 0.3) is 0 Å². The first kappa shape index (κ1) is 10.7. The lowest BCUT2D eigenvalue weighted by molar-refractivity contribution is -0.134. The van der Waals surface area contributed by atoms with Crippen LogP contribution in [0.15, 0.2) is 11.0 Å². The van der Waals surface area contributed by atoms with Crippen molar-refractivity contribution in [3.63, 3.8) is 0 Å². The highest BCUT2D eigenvalue weighted by atomic mass is 32.2. The smallest absolute Gasteiger partial charge is 0.302 e. The highest BCUT2D eigenvalue weighted by molar-refractivity contribution is 7.79. The summed E-state index contributed by atoms with van der Waals surface area (Å²) in [4.78, 5) is -0.798. The highest BCUT2D eigenvalue weighted by Crippen LogP contribution is 2.37. The summed E-state index contributed by atoms with van der Waals surface area (Å²) in [5.74, 6) is 0. The molecule has 0 aromatic carbocycles. The summed E-state index contributed by atoms with van der Waals surface area (Å²) < 4.78 is 55.3. The average molecular weight is 230 g/mol. The van der Waals surface area contributed by atoms with E-state index < -0.39 is 22.1 Å². The zero-order chi connectivity index (χ0) is 10.2. The molecule has 74 valence electrons. The predicted molar refractivity (Wildman–Crippen MR) is 43.1 cm³/mol. The molecule has 0 spiro atoms. The van der Waals surface area contributed by atoms with Gasteiger partial charge in [-0.1, -0.05) is 0 Å². The molecule has 1 aromatic rings. The molecule has 0 aliphatic rings. The topological polar surface area (TPSA) is 37.3 Å². The molecule has 2 nitrogen and oxygen atoms in total. The van der Waals surface area contributed by atoms with Crippen LogP contribution in [0.4, 0.5) is 13.2 Å². The minimum absolute atomic E-state index is 0.169. The highest BCUT2D eigenvalue weighted by Gasteiger charge is 2.33. The van der Waals surface area contributed by atoms with Crippen LogP contribution in [0.3, 0.4) is 0 Å². The van der Waals surface area contributed by atoms with Crippen LogP contribution in [0, 0.1) is 6.92 Å². The van der Waals surface area contributed by atoms with Gasteiger partial charge in [0.05, 0.1) is 4.90 Å². The summed E-state index contributed by atoms with van der Waals surface area (Å²) >= 11 is -1.87. The zero-order valence-electron chi connectivity index (χ0n) is 6.38. The van der Waals surface area contributed by atoms with Gasteiger partial charge in [0.1, 0.15) is 4.88 Å². The van der Waals surface area contributed by atoms with Crippen LogP contribution in [0.1, 0.15) is 9.75 Å². The first-order chi connectivity index (χ1) is 5.82. The van der Waals surface area contributed by atoms with E-state index in [1.54, 1.807) is 0 Å². The Morgan fingerprint density at radius 1 is 1.54 bits per heavy atom. The quantitative estimate of drug-likeness (QED) is 0.753. The number of hydrogen-bond donors (Lipinski definition) is 1. The number of aryl methyl sites for hydroxylation is 1. The van der Waals surface area contributed by atoms with E-state index in [4.69, 9.17) is 4.55 Å². The van der Waals surface area contributed by atoms with Gasteiger partial charge in [0.15, 0.2) is 11.1 Å². The molecule has 0 saturated carbocycles. The normalized spacial score (nSPS) is 14.5. The number of alkyl halides is 3. The van der Waals surface area contributed by atoms with Gasteiger partial charge in [0.2, 0.25) is 0 Å². The Kier molecular flexibility index (Phi) is 2.79. The Balaban J connectivity index is 3.17. The molecule has 0 radical (unpaired) electrons. The van der Waals surface area contributed by atoms with Gasteiger partial charge >= 0.3 is 6.18 Å². The van der Waals surface area contributed by atoms with Crippen molar-refractivity contribution in [2.75, 3.05) is 0 Å². The second-order valence-electron chi connectivity index (χ2n) is 2.28. The summed E-state index contributed by atoms with van der Waals surface area (Å²) in [5, 5.41) is 0. The van der Waals surface area contributed by atoms with Crippen molar-refractivity contribution >= 4 is 22.4 Å². The van der Waals surface area contributed by atoms with E-state index in [0.717, 1.165) is 0 Å². The average Bonchev–Trinajstić information content (AvgIpc) is 2.29. The molecule has 0 saturated heterocycles. The molecular formula is C6H5F3O2S2. The van der Waals surface area contributed by atoms with Crippen molar-refractivity contribution in [3.05, 3.63) is 15.8 Å². The van der Waals surface area contributed by atoms with Gasteiger partial charge in [0, 0.05) is 4.88 Å². The maximum Gasteiger partial charge on any atom is 0.425 e. The molecule has 0 bridgehead atoms. The molecule has 0 amide bonds. The van der Waals surface area contributed by atoms with Crippen LogP contribution in [0.5, 0.6) is 0 Å². The summed E-state index contributed by atoms with van der Waals surface area (Å²) in [6, 6.07) is 0.704. The molecule has 7 heteroatoms. The van der Waals surface area contributed by atoms with Gasteiger partial charge in [-0.15, -0.1) is 11.3 Å². The van der Waals surface area contributed by atoms with E-state index >= 15 is 0 Å². The Bertz CT molecular complexity index is 342. The second kappa shape index (κ2) is 3.39. The van der Waals surface area contributed by atoms with Crippen molar-refractivity contribution in [2.24, 2.45) is 0 Å². The molecule has 0 aliphatic heterocycles. The monoisotopic (exact) mass is 230 g/mol. The fraction of sp³-hybridized carbons (Fsp3) is 0.333. The molecule has 1 N–H and O–H groups in total. The van der Waals surface area contributed by atoms with E-state index in [1.807, 2.05) is 0 Å². The third kappa shape index (κ3) is 2.29. The number of hydrogen-bond acceptors (Lipinski definition) is 2. The molecule has 1 heterocycles. The van der Waals surface area contributed by atoms with Gasteiger partial charge in [-0.25, -0.2) is 4.21 Å². The Morgan fingerprint density at radius 3 is 2.31 bits per heavy atom. The fourth-order valence-corrected chi connectivity index (χ4v) is 2.44. The molecule has 13 heavy (non-hydrogen) atoms. The lowest BCUT2D eigenvalue weighted by Gasteiger charge is -1.99. The van der Waals surface area contributed by atoms with E-state index in [-0.39, 0.29) is 9.77 Å². The van der Waals surface area contributed by atoms with E-state index in [1.165, 1.54) is 6.92 Å². The molecule has 0 aliphatic carbocycles. The predicted octanol–water partition coefficient (Wildman–Crippen LogP) is 2.66. The van der Waals surface area contributed by atoms with Crippen molar-refractivity contribution < 1.29 is 21.9 Å². The number of rotatable bonds is 1. The van der Waals surface area contributed by atoms with Gasteiger partial charge in [-0.2, -0.15) is 13.2 Å². The van der Waals surface area contributed by atoms with Crippen LogP contribution >= 0.6 is 11.3 Å². The maximum absolute atomic E-state index is 12.1. The lowest BCUT2D eigenvalue weighted by Crippen LogP contribution is -2.00. The van der Waals surface area contributed by atoms with Gasteiger partial charge in [-0.3, -0.25) is 0 Å². The summed E-state index contributed by atoms with van der Waals surface area (Å²) in [5.41, 5.74) is 0. The first-order valence-electron chi connectivity index (χ1n) is 3.11. The van der Waals surface area contributed by atoms with E-state index in [0.29, 0.717) is 17.4 Å². The number of thiophene rings is 1. The maximum atomic E-state index is 12.1. The molecule has 1 unspecified atom stereocenters. The first-order valence-corrected chi connectivity index (χ1v) is 5.03. The van der Waals surface area contributed by atoms with Crippen molar-refractivity contribution in [1.82, 2.24) is 0 Å². The summed E-state index contributed by atoms with van der Waals surface area (Å²) in [6.07, 6.45) is -4.44. The van der Waals surface area contributed by atoms with E-state index in [2.05, 4.69) is 0 Å². The van der Waals surface area contributed by atoms with E-state index in [9.17, 15) is 17.4 Å². The van der Waals surface area contributed by atoms with Crippen molar-refractivity contribution in [3.8, 4) is 0 Å². The second-order valence-corrected chi connectivity index (χ2v) is 4.47. The van der Waals surface area contributed by atoms with Crippen molar-refractivity contribution in [1.29, 1.82) is 0 Å². The third-order valence-corrected chi connectivity index (χ3v) is 3.36. The fourth-order valence-electron chi connectivity index (χ4n) is 0.778. The Labute approximate surface area is 78.7 Å². The van der Waals surface area contributed by atoms with Crippen LogP contribution in [-0.2, 0) is 17.3 Å². The number of halogens is 3. The van der Waals surface area contributed by atoms with Gasteiger partial charge < -0.3 is 4.55 Å². The molecule has 1 rings (SSSR count). The lowest BCUT2D eigenvalue weighted by atomic mass is 10.4. The molecule has 1 atom stereocenters. The van der Waals surface area contributed by atoms with Gasteiger partial charge in [-0.05, 0) is 13.0 Å². The van der Waals surface area contributed by atoms with Crippen LogP contribution < -0.4 is 0 Å². The summed E-state index contributed by atoms with van der Waals surface area (Å²) in [7, 11) is 0. The van der Waals surface area contributed by atoms with Crippen LogP contribution in [-0.4, -0.2) is 8.76 Å². The third-order valence-electron chi connectivity index (χ3n) is 1.34. The Morgan fingerprint density at radius 2 is 2.08 bits per heavy atom. The van der Waals surface area contributed by atoms with Crippen LogP contribution in [0.25, 0.3) is 0 Å². The minimum Gasteiger partial charge on any atom is -0.302 e. The molecular weight excluding hydrogens is 225 g/mol. The van der Waals surface area contributed by atoms with Crippen LogP contribution in [0.2, 0.25) is 0 Å². The standard InChI is InChI=1S/C6H5F3O2S2/c1-3-4(13(10)11)2-5(12-3)6(7,8)9/h2H,1H3,(H,10,11). The molecule has 0 fully saturated rings. The summed E-state index contributed by atoms with van der Waals surface area (Å²) in [6.45, 7) is 1.38. The Hall–Kier alpha value is -0.400. The largest absolute Gasteiger partial charge is 0.425 e. The SMILES string of the molecule is Cc1sc(C(F)(F)F)cc1S(=O)O. The zero-order valence-corrected chi connectivity index (χ0v) is 8.02. The van der Waals surface area contributed by atoms with Crippen molar-refractivity contribution in [2.45, 2.75) is 18.0 Å². The molecule has 1 aromatic heterocycles.